The number of aromatic nitrogens is 1. The normalized spacial score (nSPS) is 15.1. The Morgan fingerprint density at radius 3 is 2.48 bits per heavy atom. The molecule has 8 nitrogen and oxygen atoms in total. The average Bonchev–Trinajstić information content (AvgIpc) is 3.23. The number of allylic oxidation sites excluding steroid dienone is 1. The lowest BCUT2D eigenvalue weighted by molar-refractivity contribution is -0.127. The van der Waals surface area contributed by atoms with E-state index in [1.165, 1.54) is 11.3 Å². The van der Waals surface area contributed by atoms with Gasteiger partial charge in [-0.1, -0.05) is 35.6 Å². The molecule has 0 spiro atoms. The highest BCUT2D eigenvalue weighted by atomic mass is 32.1. The number of fused-ring (bicyclic) bond motifs is 1. The van der Waals surface area contributed by atoms with Crippen LogP contribution in [0.4, 0.5) is 0 Å². The maximum Gasteiger partial charge on any atom is 0.271 e. The molecule has 1 aliphatic heterocycles. The number of likely N-dealkylation sites (N-methyl/N-ethyl adjacent to an activating group) is 1. The molecule has 0 N–H and O–H groups in total. The number of carbonyl (C=O) groups excluding carboxylic acids is 1. The first kappa shape index (κ1) is 29.1. The van der Waals surface area contributed by atoms with Crippen LogP contribution in [0.25, 0.3) is 6.08 Å². The molecule has 212 valence electrons. The van der Waals surface area contributed by atoms with E-state index < -0.39 is 6.04 Å². The molecule has 1 atom stereocenters. The zero-order chi connectivity index (χ0) is 29.0. The van der Waals surface area contributed by atoms with Crippen molar-refractivity contribution < 1.29 is 19.0 Å². The van der Waals surface area contributed by atoms with Gasteiger partial charge >= 0.3 is 0 Å². The fourth-order valence-corrected chi connectivity index (χ4v) is 5.89. The smallest absolute Gasteiger partial charge is 0.271 e. The highest BCUT2D eigenvalue weighted by Gasteiger charge is 2.35. The van der Waals surface area contributed by atoms with Crippen LogP contribution in [0.2, 0.25) is 0 Å². The summed E-state index contributed by atoms with van der Waals surface area (Å²) in [4.78, 5) is 34.9. The van der Waals surface area contributed by atoms with Crippen LogP contribution >= 0.6 is 11.3 Å². The Morgan fingerprint density at radius 1 is 1.10 bits per heavy atom. The van der Waals surface area contributed by atoms with Gasteiger partial charge in [-0.25, -0.2) is 4.99 Å². The molecule has 2 heterocycles. The number of hydrogen-bond acceptors (Lipinski definition) is 7. The molecule has 4 rings (SSSR count). The van der Waals surface area contributed by atoms with Crippen LogP contribution in [0.1, 0.15) is 58.7 Å². The van der Waals surface area contributed by atoms with Gasteiger partial charge in [0, 0.05) is 18.7 Å². The fourth-order valence-electron chi connectivity index (χ4n) is 4.85. The summed E-state index contributed by atoms with van der Waals surface area (Å²) in [7, 11) is 1.59. The lowest BCUT2D eigenvalue weighted by Crippen LogP contribution is -2.43. The van der Waals surface area contributed by atoms with Gasteiger partial charge < -0.3 is 19.1 Å². The molecule has 1 amide bonds. The summed E-state index contributed by atoms with van der Waals surface area (Å²) in [6.07, 6.45) is 1.83. The van der Waals surface area contributed by atoms with E-state index in [2.05, 4.69) is 0 Å². The molecule has 1 aliphatic rings. The zero-order valence-corrected chi connectivity index (χ0v) is 25.0. The third-order valence-corrected chi connectivity index (χ3v) is 7.65. The number of ether oxygens (including phenoxy) is 3. The zero-order valence-electron chi connectivity index (χ0n) is 24.2. The quantitative estimate of drug-likeness (QED) is 0.368. The van der Waals surface area contributed by atoms with Crippen LogP contribution in [-0.2, 0) is 4.79 Å². The molecule has 40 heavy (non-hydrogen) atoms. The molecule has 3 aromatic rings. The molecule has 9 heteroatoms. The van der Waals surface area contributed by atoms with Gasteiger partial charge in [-0.2, -0.15) is 0 Å². The topological polar surface area (TPSA) is 82.4 Å². The molecule has 0 radical (unpaired) electrons. The lowest BCUT2D eigenvalue weighted by atomic mass is 9.94. The second kappa shape index (κ2) is 12.6. The van der Waals surface area contributed by atoms with Crippen molar-refractivity contribution in [2.45, 2.75) is 53.7 Å². The average molecular weight is 564 g/mol. The van der Waals surface area contributed by atoms with E-state index in [1.807, 2.05) is 90.1 Å². The van der Waals surface area contributed by atoms with Crippen molar-refractivity contribution in [3.63, 3.8) is 0 Å². The van der Waals surface area contributed by atoms with Gasteiger partial charge in [0.2, 0.25) is 0 Å². The van der Waals surface area contributed by atoms with E-state index in [0.29, 0.717) is 57.5 Å². The Kier molecular flexibility index (Phi) is 9.14. The van der Waals surface area contributed by atoms with Crippen molar-refractivity contribution in [1.82, 2.24) is 9.47 Å². The standard InChI is InChI=1S/C31H37N3O5S/c1-8-33(9-2)30(36)27-20(6)32-31-34(28(27)22-13-11-12-14-23(22)37-7)29(35)26(40-31)18-21-15-16-24(39-19(4)5)25(17-21)38-10-3/h11-19,28H,8-10H2,1-7H3/b26-18+/t28-/m0/s1. The van der Waals surface area contributed by atoms with Gasteiger partial charge in [0.15, 0.2) is 16.3 Å². The number of nitrogens with zero attached hydrogens (tertiary/aromatic N) is 3. The van der Waals surface area contributed by atoms with Gasteiger partial charge in [-0.05, 0) is 71.4 Å². The maximum atomic E-state index is 14.0. The SMILES string of the molecule is CCOc1cc(/C=c2/sc3n(c2=O)[C@@H](c2ccccc2OC)C(C(=O)N(CC)CC)=C(C)N=3)ccc1OC(C)C. The summed E-state index contributed by atoms with van der Waals surface area (Å²) in [5.74, 6) is 1.73. The summed E-state index contributed by atoms with van der Waals surface area (Å²) in [5, 5.41) is 0. The van der Waals surface area contributed by atoms with Gasteiger partial charge in [-0.3, -0.25) is 14.2 Å². The van der Waals surface area contributed by atoms with Crippen molar-refractivity contribution >= 4 is 23.3 Å². The van der Waals surface area contributed by atoms with E-state index in [-0.39, 0.29) is 17.6 Å². The van der Waals surface area contributed by atoms with Crippen molar-refractivity contribution in [3.05, 3.63) is 84.5 Å². The number of benzene rings is 2. The van der Waals surface area contributed by atoms with Crippen LogP contribution in [0.5, 0.6) is 17.2 Å². The molecule has 0 unspecified atom stereocenters. The molecule has 1 aromatic heterocycles. The predicted molar refractivity (Wildman–Crippen MR) is 158 cm³/mol. The van der Waals surface area contributed by atoms with Crippen molar-refractivity contribution in [2.24, 2.45) is 4.99 Å². The van der Waals surface area contributed by atoms with Crippen LogP contribution in [0, 0.1) is 0 Å². The van der Waals surface area contributed by atoms with E-state index in [9.17, 15) is 9.59 Å². The summed E-state index contributed by atoms with van der Waals surface area (Å²) >= 11 is 1.30. The molecule has 0 saturated heterocycles. The second-order valence-corrected chi connectivity index (χ2v) is 10.6. The summed E-state index contributed by atoms with van der Waals surface area (Å²) in [6, 6.07) is 12.5. The number of thiazole rings is 1. The Labute approximate surface area is 238 Å². The first-order valence-corrected chi connectivity index (χ1v) is 14.4. The number of rotatable bonds is 10. The van der Waals surface area contributed by atoms with Crippen LogP contribution < -0.4 is 29.1 Å². The minimum atomic E-state index is -0.677. The van der Waals surface area contributed by atoms with Crippen LogP contribution in [0.3, 0.4) is 0 Å². The molecular formula is C31H37N3O5S. The van der Waals surface area contributed by atoms with Gasteiger partial charge in [0.25, 0.3) is 11.5 Å². The predicted octanol–water partition coefficient (Wildman–Crippen LogP) is 4.30. The summed E-state index contributed by atoms with van der Waals surface area (Å²) in [6.45, 7) is 13.1. The number of para-hydroxylation sites is 1. The molecule has 0 saturated carbocycles. The molecule has 0 aliphatic carbocycles. The first-order chi connectivity index (χ1) is 19.2. The summed E-state index contributed by atoms with van der Waals surface area (Å²) < 4.78 is 19.5. The Morgan fingerprint density at radius 2 is 1.82 bits per heavy atom. The minimum absolute atomic E-state index is 0.000195. The molecule has 2 aromatic carbocycles. The summed E-state index contributed by atoms with van der Waals surface area (Å²) in [5.41, 5.74) is 2.37. The number of hydrogen-bond donors (Lipinski definition) is 0. The van der Waals surface area contributed by atoms with E-state index >= 15 is 0 Å². The van der Waals surface area contributed by atoms with E-state index in [4.69, 9.17) is 19.2 Å². The third kappa shape index (κ3) is 5.70. The Balaban J connectivity index is 1.93. The Bertz CT molecular complexity index is 1600. The number of amides is 1. The number of carbonyl (C=O) groups is 1. The van der Waals surface area contributed by atoms with Crippen molar-refractivity contribution in [2.75, 3.05) is 26.8 Å². The number of methoxy groups -OCH3 is 1. The maximum absolute atomic E-state index is 14.0. The van der Waals surface area contributed by atoms with E-state index in [1.54, 1.807) is 16.6 Å². The van der Waals surface area contributed by atoms with Gasteiger partial charge in [-0.15, -0.1) is 0 Å². The highest BCUT2D eigenvalue weighted by molar-refractivity contribution is 7.07. The molecular weight excluding hydrogens is 526 g/mol. The van der Waals surface area contributed by atoms with Crippen molar-refractivity contribution in [1.29, 1.82) is 0 Å². The minimum Gasteiger partial charge on any atom is -0.496 e. The lowest BCUT2D eigenvalue weighted by Gasteiger charge is -2.29. The van der Waals surface area contributed by atoms with Gasteiger partial charge in [0.1, 0.15) is 11.8 Å². The third-order valence-electron chi connectivity index (χ3n) is 6.66. The van der Waals surface area contributed by atoms with E-state index in [0.717, 1.165) is 11.1 Å². The Hall–Kier alpha value is -3.85. The molecule has 0 fully saturated rings. The van der Waals surface area contributed by atoms with Gasteiger partial charge in [0.05, 0.1) is 35.6 Å². The molecule has 0 bridgehead atoms. The van der Waals surface area contributed by atoms with Crippen molar-refractivity contribution in [3.8, 4) is 17.2 Å². The largest absolute Gasteiger partial charge is 0.496 e. The monoisotopic (exact) mass is 563 g/mol. The first-order valence-electron chi connectivity index (χ1n) is 13.6. The van der Waals surface area contributed by atoms with Crippen LogP contribution in [0.15, 0.2) is 63.5 Å². The second-order valence-electron chi connectivity index (χ2n) is 9.61. The van der Waals surface area contributed by atoms with Crippen LogP contribution in [-0.4, -0.2) is 48.3 Å². The fraction of sp³-hybridized carbons (Fsp3) is 0.387. The highest BCUT2D eigenvalue weighted by Crippen LogP contribution is 2.36.